The number of carbonyl (C=O) groups excluding carboxylic acids is 1. The molecule has 2 heterocycles. The van der Waals surface area contributed by atoms with Crippen LogP contribution >= 0.6 is 0 Å². The molecule has 6 heteroatoms. The quantitative estimate of drug-likeness (QED) is 0.0609. The van der Waals surface area contributed by atoms with Crippen molar-refractivity contribution in [2.24, 2.45) is 17.8 Å². The summed E-state index contributed by atoms with van der Waals surface area (Å²) in [5.74, 6) is 1.04. The number of furan rings is 1. The summed E-state index contributed by atoms with van der Waals surface area (Å²) in [6.45, 7) is 18.6. The molecule has 6 aromatic rings. The van der Waals surface area contributed by atoms with Gasteiger partial charge in [0.1, 0.15) is 11.4 Å². The van der Waals surface area contributed by atoms with E-state index in [1.54, 1.807) is 6.07 Å². The van der Waals surface area contributed by atoms with Crippen LogP contribution in [0.15, 0.2) is 77.0 Å². The molecule has 0 amide bonds. The number of hydrogen-bond donors (Lipinski definition) is 1. The molecule has 0 aliphatic heterocycles. The topological polar surface area (TPSA) is 63.3 Å². The van der Waals surface area contributed by atoms with Gasteiger partial charge in [0.2, 0.25) is 0 Å². The number of allylic oxidation sites excluding steroid dienone is 2. The van der Waals surface area contributed by atoms with Crippen molar-refractivity contribution in [1.82, 2.24) is 4.98 Å². The molecule has 0 aliphatic rings. The monoisotopic (exact) mass is 879 g/mol. The predicted octanol–water partition coefficient (Wildman–Crippen LogP) is 13.4. The number of rotatable bonds is 11. The van der Waals surface area contributed by atoms with Gasteiger partial charge in [0.15, 0.2) is 5.78 Å². The Morgan fingerprint density at radius 2 is 1.52 bits per heavy atom. The average Bonchev–Trinajstić information content (AvgIpc) is 3.45. The first kappa shape index (κ1) is 40.9. The minimum atomic E-state index is -0.196. The minimum absolute atomic E-state index is 0. The Hall–Kier alpha value is -3.86. The molecule has 1 radical (unpaired) electrons. The first-order valence-corrected chi connectivity index (χ1v) is 18.7. The number of nitrogens with zero attached hydrogens (tertiary/aromatic N) is 1. The Kier molecular flexibility index (Phi) is 14.0. The summed E-state index contributed by atoms with van der Waals surface area (Å²) in [5, 5.41) is 16.1. The van der Waals surface area contributed by atoms with Gasteiger partial charge in [-0.05, 0) is 101 Å². The summed E-state index contributed by atoms with van der Waals surface area (Å²) in [5.41, 5.74) is 6.02. The van der Waals surface area contributed by atoms with Gasteiger partial charge in [-0.1, -0.05) is 104 Å². The van der Waals surface area contributed by atoms with Crippen molar-refractivity contribution < 1.29 is 38.8 Å². The van der Waals surface area contributed by atoms with Gasteiger partial charge >= 0.3 is 0 Å². The molecule has 52 heavy (non-hydrogen) atoms. The average molecular weight is 879 g/mol. The van der Waals surface area contributed by atoms with Crippen molar-refractivity contribution >= 4 is 49.3 Å². The maximum absolute atomic E-state index is 14.9. The van der Waals surface area contributed by atoms with Crippen molar-refractivity contribution in [2.75, 3.05) is 0 Å². The van der Waals surface area contributed by atoms with E-state index in [0.717, 1.165) is 70.5 Å². The van der Waals surface area contributed by atoms with Gasteiger partial charge in [-0.2, -0.15) is 0 Å². The molecule has 0 saturated carbocycles. The maximum atomic E-state index is 14.9. The number of aliphatic hydroxyl groups is 1. The number of benzene rings is 4. The second kappa shape index (κ2) is 17.8. The fraction of sp³-hybridized carbons (Fsp3) is 0.391. The molecule has 0 saturated heterocycles. The van der Waals surface area contributed by atoms with Crippen LogP contribution in [-0.4, -0.2) is 15.9 Å². The van der Waals surface area contributed by atoms with Crippen LogP contribution in [0.1, 0.15) is 104 Å². The molecule has 2 aromatic heterocycles. The van der Waals surface area contributed by atoms with E-state index in [9.17, 15) is 14.3 Å². The fourth-order valence-electron chi connectivity index (χ4n) is 7.22. The third-order valence-electron chi connectivity index (χ3n) is 10.2. The van der Waals surface area contributed by atoms with Crippen LogP contribution < -0.4 is 0 Å². The van der Waals surface area contributed by atoms with E-state index in [2.05, 4.69) is 56.3 Å². The summed E-state index contributed by atoms with van der Waals surface area (Å²) in [4.78, 5) is 16.5. The molecule has 0 aliphatic carbocycles. The molecule has 6 rings (SSSR count). The summed E-state index contributed by atoms with van der Waals surface area (Å²) in [6.07, 6.45) is 7.83. The molecular formula is C46H53FIrNO3-. The zero-order chi connectivity index (χ0) is 37.0. The Balaban J connectivity index is 0.000000323. The molecule has 4 nitrogen and oxygen atoms in total. The van der Waals surface area contributed by atoms with E-state index in [0.29, 0.717) is 22.6 Å². The van der Waals surface area contributed by atoms with Crippen LogP contribution in [0.3, 0.4) is 0 Å². The number of halogens is 1. The van der Waals surface area contributed by atoms with E-state index in [1.165, 1.54) is 22.4 Å². The van der Waals surface area contributed by atoms with Gasteiger partial charge in [-0.3, -0.25) is 4.79 Å². The van der Waals surface area contributed by atoms with Crippen LogP contribution in [0.4, 0.5) is 4.39 Å². The first-order chi connectivity index (χ1) is 24.4. The number of ketones is 1. The number of hydrogen-bond acceptors (Lipinski definition) is 4. The van der Waals surface area contributed by atoms with E-state index >= 15 is 0 Å². The van der Waals surface area contributed by atoms with Crippen LogP contribution in [-0.2, 0) is 31.3 Å². The van der Waals surface area contributed by atoms with E-state index in [1.807, 2.05) is 66.8 Å². The molecule has 4 aromatic carbocycles. The molecule has 277 valence electrons. The van der Waals surface area contributed by atoms with Gasteiger partial charge < -0.3 is 14.5 Å². The number of carbonyl (C=O) groups is 1. The normalized spacial score (nSPS) is 12.1. The summed E-state index contributed by atoms with van der Waals surface area (Å²) in [7, 11) is 0. The molecule has 0 spiro atoms. The fourth-order valence-corrected chi connectivity index (χ4v) is 7.22. The summed E-state index contributed by atoms with van der Waals surface area (Å²) < 4.78 is 21.3. The van der Waals surface area contributed by atoms with Gasteiger partial charge in [0.25, 0.3) is 0 Å². The number of aromatic nitrogens is 1. The van der Waals surface area contributed by atoms with Gasteiger partial charge in [0.05, 0.1) is 11.3 Å². The number of pyridine rings is 1. The third-order valence-corrected chi connectivity index (χ3v) is 10.2. The molecule has 1 N–H and O–H groups in total. The number of aryl methyl sites for hydroxylation is 1. The van der Waals surface area contributed by atoms with Gasteiger partial charge in [0, 0.05) is 49.6 Å². The molecular weight excluding hydrogens is 826 g/mol. The van der Waals surface area contributed by atoms with Crippen LogP contribution in [0.5, 0.6) is 0 Å². The van der Waals surface area contributed by atoms with Crippen molar-refractivity contribution in [2.45, 2.75) is 100 Å². The summed E-state index contributed by atoms with van der Waals surface area (Å²) in [6, 6.07) is 22.2. The van der Waals surface area contributed by atoms with Crippen molar-refractivity contribution in [3.05, 3.63) is 101 Å². The predicted molar refractivity (Wildman–Crippen MR) is 212 cm³/mol. The smallest absolute Gasteiger partial charge is 0.162 e. The first-order valence-electron chi connectivity index (χ1n) is 18.7. The largest absolute Gasteiger partial charge is 0.512 e. The third kappa shape index (κ3) is 8.67. The van der Waals surface area contributed by atoms with E-state index in [4.69, 9.17) is 9.40 Å². The second-order valence-electron chi connectivity index (χ2n) is 14.7. The Labute approximate surface area is 322 Å². The Morgan fingerprint density at radius 3 is 2.15 bits per heavy atom. The van der Waals surface area contributed by atoms with E-state index < -0.39 is 0 Å². The van der Waals surface area contributed by atoms with Crippen LogP contribution in [0.2, 0.25) is 0 Å². The molecule has 0 bridgehead atoms. The van der Waals surface area contributed by atoms with E-state index in [-0.39, 0.29) is 55.2 Å². The SMILES string of the molecule is CCC(CC)C(=O)/C=C(\O)C(CC)CC.Cc1[c-]c(-c2nccc3c2ccc2cc(CC(C)C)ccc23)c2oc3cc(C(C)C)c(F)cc3c2c1.[Ir]. The van der Waals surface area contributed by atoms with Crippen molar-refractivity contribution in [1.29, 1.82) is 0 Å². The Bertz CT molecular complexity index is 2210. The number of aliphatic hydroxyl groups excluding tert-OH is 1. The van der Waals surface area contributed by atoms with Gasteiger partial charge in [-0.25, -0.2) is 4.39 Å². The molecule has 0 unspecified atom stereocenters. The van der Waals surface area contributed by atoms with Crippen LogP contribution in [0.25, 0.3) is 54.7 Å². The number of fused-ring (bicyclic) bond motifs is 6. The zero-order valence-corrected chi connectivity index (χ0v) is 34.5. The zero-order valence-electron chi connectivity index (χ0n) is 32.1. The van der Waals surface area contributed by atoms with Crippen LogP contribution in [0, 0.1) is 36.6 Å². The minimum Gasteiger partial charge on any atom is -0.512 e. The molecule has 0 fully saturated rings. The second-order valence-corrected chi connectivity index (χ2v) is 14.7. The Morgan fingerprint density at radius 1 is 0.846 bits per heavy atom. The molecule has 0 atom stereocenters. The van der Waals surface area contributed by atoms with Crippen molar-refractivity contribution in [3.8, 4) is 11.3 Å². The maximum Gasteiger partial charge on any atom is 0.162 e. The van der Waals surface area contributed by atoms with Crippen molar-refractivity contribution in [3.63, 3.8) is 0 Å². The summed E-state index contributed by atoms with van der Waals surface area (Å²) >= 11 is 0. The standard InChI is InChI=1S/C33H29FNO.C13H24O2.Ir/c1-18(2)12-21-6-8-23-22(15-21)7-9-25-24(23)10-11-35-32(25)29-14-20(5)13-28-27-16-30(34)26(19(3)4)17-31(27)36-33(28)29;1-5-10(6-2)12(14)9-13(15)11(7-3)8-4;/h6-11,13,15-19H,12H2,1-5H3;9-11,14H,5-8H2,1-4H3;/q-1;;/b;12-9-;. The van der Waals surface area contributed by atoms with Gasteiger partial charge in [-0.15, -0.1) is 17.7 Å².